The summed E-state index contributed by atoms with van der Waals surface area (Å²) in [5, 5.41) is 3.51. The number of ether oxygens (including phenoxy) is 1. The van der Waals surface area contributed by atoms with Gasteiger partial charge < -0.3 is 15.0 Å². The maximum absolute atomic E-state index is 5.71. The van der Waals surface area contributed by atoms with Gasteiger partial charge in [-0.3, -0.25) is 0 Å². The summed E-state index contributed by atoms with van der Waals surface area (Å²) in [5.41, 5.74) is 1.17. The Kier molecular flexibility index (Phi) is 7.04. The van der Waals surface area contributed by atoms with Crippen LogP contribution in [-0.2, 0) is 0 Å². The third-order valence-electron chi connectivity index (χ3n) is 4.43. The van der Waals surface area contributed by atoms with Gasteiger partial charge in [-0.05, 0) is 50.1 Å². The molecule has 0 bridgehead atoms. The summed E-state index contributed by atoms with van der Waals surface area (Å²) in [6, 6.07) is 9.11. The van der Waals surface area contributed by atoms with Crippen molar-refractivity contribution in [3.8, 4) is 5.75 Å². The Bertz CT molecular complexity index is 410. The lowest BCUT2D eigenvalue weighted by Crippen LogP contribution is -2.36. The van der Waals surface area contributed by atoms with Crippen molar-refractivity contribution in [2.75, 3.05) is 32.1 Å². The van der Waals surface area contributed by atoms with Crippen LogP contribution in [0.2, 0.25) is 0 Å². The maximum atomic E-state index is 5.71. The minimum absolute atomic E-state index is 0.563. The first-order valence-electron chi connectivity index (χ1n) is 8.82. The smallest absolute Gasteiger partial charge is 0.119 e. The molecule has 0 aromatic heterocycles. The van der Waals surface area contributed by atoms with Crippen molar-refractivity contribution in [3.05, 3.63) is 24.3 Å². The molecular formula is C19H32N2O. The number of hydrogen-bond acceptors (Lipinski definition) is 3. The van der Waals surface area contributed by atoms with Gasteiger partial charge in [0, 0.05) is 24.8 Å². The highest BCUT2D eigenvalue weighted by Gasteiger charge is 2.17. The maximum Gasteiger partial charge on any atom is 0.119 e. The zero-order chi connectivity index (χ0) is 15.8. The van der Waals surface area contributed by atoms with Crippen LogP contribution in [0.5, 0.6) is 5.75 Å². The second-order valence-corrected chi connectivity index (χ2v) is 6.93. The van der Waals surface area contributed by atoms with E-state index >= 15 is 0 Å². The van der Waals surface area contributed by atoms with E-state index in [0.717, 1.165) is 31.5 Å². The molecule has 124 valence electrons. The Balaban J connectivity index is 1.67. The number of likely N-dealkylation sites (N-methyl/N-ethyl adjacent to an activating group) is 1. The van der Waals surface area contributed by atoms with E-state index in [1.165, 1.54) is 37.8 Å². The monoisotopic (exact) mass is 304 g/mol. The summed E-state index contributed by atoms with van der Waals surface area (Å²) in [5.74, 6) is 1.52. The molecule has 1 aromatic carbocycles. The molecular weight excluding hydrogens is 272 g/mol. The van der Waals surface area contributed by atoms with Crippen LogP contribution in [0.25, 0.3) is 0 Å². The summed E-state index contributed by atoms with van der Waals surface area (Å²) >= 11 is 0. The first-order chi connectivity index (χ1) is 10.6. The van der Waals surface area contributed by atoms with Gasteiger partial charge in [-0.25, -0.2) is 0 Å². The summed E-state index contributed by atoms with van der Waals surface area (Å²) in [4.78, 5) is 2.52. The number of rotatable bonds is 8. The van der Waals surface area contributed by atoms with E-state index < -0.39 is 0 Å². The van der Waals surface area contributed by atoms with Gasteiger partial charge in [0.25, 0.3) is 0 Å². The molecule has 0 heterocycles. The molecule has 0 atom stereocenters. The Morgan fingerprint density at radius 1 is 1.14 bits per heavy atom. The second-order valence-electron chi connectivity index (χ2n) is 6.93. The van der Waals surface area contributed by atoms with Crippen molar-refractivity contribution < 1.29 is 4.74 Å². The normalized spacial score (nSPS) is 16.2. The van der Waals surface area contributed by atoms with E-state index in [4.69, 9.17) is 4.74 Å². The van der Waals surface area contributed by atoms with Crippen LogP contribution in [-0.4, -0.2) is 37.7 Å². The van der Waals surface area contributed by atoms with Gasteiger partial charge in [-0.2, -0.15) is 0 Å². The largest absolute Gasteiger partial charge is 0.493 e. The highest BCUT2D eigenvalue weighted by molar-refractivity contribution is 5.46. The van der Waals surface area contributed by atoms with Crippen molar-refractivity contribution in [1.82, 2.24) is 4.90 Å². The van der Waals surface area contributed by atoms with Gasteiger partial charge in [0.05, 0.1) is 6.61 Å². The van der Waals surface area contributed by atoms with Crippen molar-refractivity contribution in [2.24, 2.45) is 5.92 Å². The molecule has 3 nitrogen and oxygen atoms in total. The number of anilines is 1. The van der Waals surface area contributed by atoms with Crippen LogP contribution < -0.4 is 10.1 Å². The topological polar surface area (TPSA) is 24.5 Å². The third-order valence-corrected chi connectivity index (χ3v) is 4.43. The average molecular weight is 304 g/mol. The fourth-order valence-electron chi connectivity index (χ4n) is 3.01. The van der Waals surface area contributed by atoms with Gasteiger partial charge in [0.1, 0.15) is 5.75 Å². The molecule has 3 heteroatoms. The molecule has 1 saturated carbocycles. The van der Waals surface area contributed by atoms with E-state index in [2.05, 4.69) is 55.4 Å². The second kappa shape index (κ2) is 9.04. The zero-order valence-corrected chi connectivity index (χ0v) is 14.5. The van der Waals surface area contributed by atoms with Crippen LogP contribution in [0, 0.1) is 5.92 Å². The minimum Gasteiger partial charge on any atom is -0.493 e. The Morgan fingerprint density at radius 3 is 2.45 bits per heavy atom. The zero-order valence-electron chi connectivity index (χ0n) is 14.5. The van der Waals surface area contributed by atoms with Crippen molar-refractivity contribution in [1.29, 1.82) is 0 Å². The Morgan fingerprint density at radius 2 is 1.82 bits per heavy atom. The lowest BCUT2D eigenvalue weighted by Gasteiger charge is -2.31. The summed E-state index contributed by atoms with van der Waals surface area (Å²) in [6.07, 6.45) is 6.98. The predicted molar refractivity (Wildman–Crippen MR) is 94.8 cm³/mol. The SMILES string of the molecule is CC(C)COc1ccc(NCCN(C)C2CCCCC2)cc1. The van der Waals surface area contributed by atoms with Crippen LogP contribution in [0.1, 0.15) is 46.0 Å². The average Bonchev–Trinajstić information content (AvgIpc) is 2.55. The number of benzene rings is 1. The molecule has 0 aliphatic heterocycles. The lowest BCUT2D eigenvalue weighted by molar-refractivity contribution is 0.198. The molecule has 22 heavy (non-hydrogen) atoms. The minimum atomic E-state index is 0.563. The molecule has 0 spiro atoms. The van der Waals surface area contributed by atoms with Crippen molar-refractivity contribution >= 4 is 5.69 Å². The molecule has 1 fully saturated rings. The fourth-order valence-corrected chi connectivity index (χ4v) is 3.01. The van der Waals surface area contributed by atoms with E-state index in [1.807, 2.05) is 0 Å². The molecule has 0 amide bonds. The molecule has 2 rings (SSSR count). The van der Waals surface area contributed by atoms with Crippen LogP contribution in [0.15, 0.2) is 24.3 Å². The Hall–Kier alpha value is -1.22. The molecule has 0 unspecified atom stereocenters. The molecule has 1 N–H and O–H groups in total. The van der Waals surface area contributed by atoms with E-state index in [-0.39, 0.29) is 0 Å². The highest BCUT2D eigenvalue weighted by Crippen LogP contribution is 2.21. The lowest BCUT2D eigenvalue weighted by atomic mass is 9.94. The van der Waals surface area contributed by atoms with Crippen LogP contribution in [0.4, 0.5) is 5.69 Å². The standard InChI is InChI=1S/C19H32N2O/c1-16(2)15-22-19-11-9-17(10-12-19)20-13-14-21(3)18-7-5-4-6-8-18/h9-12,16,18,20H,4-8,13-15H2,1-3H3. The quantitative estimate of drug-likeness (QED) is 0.770. The number of nitrogens with one attached hydrogen (secondary N) is 1. The molecule has 0 radical (unpaired) electrons. The van der Waals surface area contributed by atoms with E-state index in [1.54, 1.807) is 0 Å². The van der Waals surface area contributed by atoms with Gasteiger partial charge in [-0.1, -0.05) is 33.1 Å². The third kappa shape index (κ3) is 5.88. The van der Waals surface area contributed by atoms with Gasteiger partial charge in [0.15, 0.2) is 0 Å². The molecule has 1 aliphatic carbocycles. The predicted octanol–water partition coefficient (Wildman–Crippen LogP) is 4.40. The Labute approximate surface area is 136 Å². The van der Waals surface area contributed by atoms with Gasteiger partial charge in [-0.15, -0.1) is 0 Å². The summed E-state index contributed by atoms with van der Waals surface area (Å²) < 4.78 is 5.71. The summed E-state index contributed by atoms with van der Waals surface area (Å²) in [6.45, 7) is 7.21. The first-order valence-corrected chi connectivity index (χ1v) is 8.82. The summed E-state index contributed by atoms with van der Waals surface area (Å²) in [7, 11) is 2.26. The van der Waals surface area contributed by atoms with Crippen LogP contribution >= 0.6 is 0 Å². The molecule has 1 aliphatic rings. The van der Waals surface area contributed by atoms with E-state index in [9.17, 15) is 0 Å². The van der Waals surface area contributed by atoms with Gasteiger partial charge >= 0.3 is 0 Å². The number of nitrogens with zero attached hydrogens (tertiary/aromatic N) is 1. The first kappa shape index (κ1) is 17.1. The molecule has 1 aromatic rings. The van der Waals surface area contributed by atoms with Crippen LogP contribution in [0.3, 0.4) is 0 Å². The molecule has 0 saturated heterocycles. The highest BCUT2D eigenvalue weighted by atomic mass is 16.5. The van der Waals surface area contributed by atoms with Crippen molar-refractivity contribution in [2.45, 2.75) is 52.0 Å². The fraction of sp³-hybridized carbons (Fsp3) is 0.684. The van der Waals surface area contributed by atoms with Crippen molar-refractivity contribution in [3.63, 3.8) is 0 Å². The van der Waals surface area contributed by atoms with Gasteiger partial charge in [0.2, 0.25) is 0 Å². The van der Waals surface area contributed by atoms with E-state index in [0.29, 0.717) is 5.92 Å². The number of hydrogen-bond donors (Lipinski definition) is 1.